The lowest BCUT2D eigenvalue weighted by Gasteiger charge is -2.38. The van der Waals surface area contributed by atoms with E-state index in [1.165, 1.54) is 0 Å². The van der Waals surface area contributed by atoms with Gasteiger partial charge in [0.25, 0.3) is 0 Å². The number of carbonyl (C=O) groups excluding carboxylic acids is 1. The van der Waals surface area contributed by atoms with Crippen LogP contribution in [0.5, 0.6) is 0 Å². The Morgan fingerprint density at radius 1 is 1.27 bits per heavy atom. The van der Waals surface area contributed by atoms with Crippen molar-refractivity contribution >= 4 is 14.4 Å². The van der Waals surface area contributed by atoms with Crippen LogP contribution in [0.15, 0.2) is 30.3 Å². The molecule has 1 amide bonds. The van der Waals surface area contributed by atoms with Gasteiger partial charge in [-0.25, -0.2) is 4.79 Å². The van der Waals surface area contributed by atoms with Crippen molar-refractivity contribution in [3.8, 4) is 0 Å². The molecule has 0 saturated carbocycles. The van der Waals surface area contributed by atoms with Crippen LogP contribution in [0.2, 0.25) is 18.1 Å². The molecule has 146 valence electrons. The largest absolute Gasteiger partial charge is 0.445 e. The highest BCUT2D eigenvalue weighted by atomic mass is 28.4. The predicted octanol–water partition coefficient (Wildman–Crippen LogP) is 4.14. The average Bonchev–Trinajstić information content (AvgIpc) is 2.95. The van der Waals surface area contributed by atoms with Crippen LogP contribution in [0.25, 0.3) is 0 Å². The Morgan fingerprint density at radius 3 is 2.50 bits per heavy atom. The molecule has 0 unspecified atom stereocenters. The van der Waals surface area contributed by atoms with Crippen molar-refractivity contribution in [2.75, 3.05) is 13.1 Å². The molecule has 1 fully saturated rings. The summed E-state index contributed by atoms with van der Waals surface area (Å²) in [6.45, 7) is 12.6. The summed E-state index contributed by atoms with van der Waals surface area (Å²) in [6.07, 6.45) is 1.41. The average molecular weight is 379 g/mol. The van der Waals surface area contributed by atoms with Crippen LogP contribution in [0, 0.1) is 0 Å². The van der Waals surface area contributed by atoms with Gasteiger partial charge in [0.15, 0.2) is 8.32 Å². The summed E-state index contributed by atoms with van der Waals surface area (Å²) in [5.74, 6) is 0. The number of rotatable bonds is 6. The van der Waals surface area contributed by atoms with Crippen molar-refractivity contribution < 1.29 is 14.0 Å². The van der Waals surface area contributed by atoms with E-state index in [1.54, 1.807) is 0 Å². The Bertz CT molecular complexity index is 586. The van der Waals surface area contributed by atoms with Crippen molar-refractivity contribution in [3.63, 3.8) is 0 Å². The van der Waals surface area contributed by atoms with E-state index in [1.807, 2.05) is 35.2 Å². The summed E-state index contributed by atoms with van der Waals surface area (Å²) in [6, 6.07) is 9.85. The second-order valence-electron chi connectivity index (χ2n) is 8.66. The summed E-state index contributed by atoms with van der Waals surface area (Å²) in [5, 5.41) is 0.150. The standard InChI is InChI=1S/C20H34N2O3Si/c1-20(2,3)26(4,5)25-18-13-17(11-12-21)22(14-18)19(23)24-15-16-9-7-6-8-10-16/h6-10,17-18H,11-15,21H2,1-5H3/t17-,18+/m0/s1. The topological polar surface area (TPSA) is 64.8 Å². The third kappa shape index (κ3) is 5.31. The molecule has 0 radical (unpaired) electrons. The Hall–Kier alpha value is -1.37. The van der Waals surface area contributed by atoms with E-state index in [0.717, 1.165) is 18.4 Å². The minimum Gasteiger partial charge on any atom is -0.445 e. The van der Waals surface area contributed by atoms with Gasteiger partial charge in [0, 0.05) is 12.6 Å². The molecule has 6 heteroatoms. The van der Waals surface area contributed by atoms with E-state index in [0.29, 0.717) is 19.7 Å². The predicted molar refractivity (Wildman–Crippen MR) is 107 cm³/mol. The van der Waals surface area contributed by atoms with Crippen molar-refractivity contribution in [1.29, 1.82) is 0 Å². The lowest BCUT2D eigenvalue weighted by atomic mass is 10.1. The van der Waals surface area contributed by atoms with Crippen LogP contribution in [0.1, 0.15) is 39.2 Å². The monoisotopic (exact) mass is 378 g/mol. The van der Waals surface area contributed by atoms with Crippen molar-refractivity contribution in [2.24, 2.45) is 5.73 Å². The molecule has 5 nitrogen and oxygen atoms in total. The summed E-state index contributed by atoms with van der Waals surface area (Å²) < 4.78 is 12.1. The smallest absolute Gasteiger partial charge is 0.410 e. The van der Waals surface area contributed by atoms with Crippen molar-refractivity contribution in [3.05, 3.63) is 35.9 Å². The molecule has 2 rings (SSSR count). The Balaban J connectivity index is 1.98. The molecule has 0 bridgehead atoms. The lowest BCUT2D eigenvalue weighted by molar-refractivity contribution is 0.0875. The highest BCUT2D eigenvalue weighted by Crippen LogP contribution is 2.39. The Morgan fingerprint density at radius 2 is 1.92 bits per heavy atom. The minimum absolute atomic E-state index is 0.0664. The fraction of sp³-hybridized carbons (Fsp3) is 0.650. The maximum atomic E-state index is 12.6. The third-order valence-corrected chi connectivity index (χ3v) is 10.1. The number of hydrogen-bond acceptors (Lipinski definition) is 4. The van der Waals surface area contributed by atoms with E-state index < -0.39 is 8.32 Å². The van der Waals surface area contributed by atoms with Gasteiger partial charge in [0.1, 0.15) is 6.61 Å². The van der Waals surface area contributed by atoms with Gasteiger partial charge < -0.3 is 19.8 Å². The van der Waals surface area contributed by atoms with E-state index in [2.05, 4.69) is 33.9 Å². The number of carbonyl (C=O) groups is 1. The number of nitrogens with zero attached hydrogens (tertiary/aromatic N) is 1. The fourth-order valence-electron chi connectivity index (χ4n) is 3.04. The number of amides is 1. The molecule has 1 aliphatic heterocycles. The number of nitrogens with two attached hydrogens (primary N) is 1. The first-order valence-electron chi connectivity index (χ1n) is 9.49. The third-order valence-electron chi connectivity index (χ3n) is 5.58. The number of likely N-dealkylation sites (tertiary alicyclic amines) is 1. The van der Waals surface area contributed by atoms with Gasteiger partial charge in [0.05, 0.1) is 6.10 Å². The van der Waals surface area contributed by atoms with Crippen LogP contribution >= 0.6 is 0 Å². The van der Waals surface area contributed by atoms with Crippen LogP contribution in [-0.4, -0.2) is 44.5 Å². The molecule has 2 atom stereocenters. The minimum atomic E-state index is -1.87. The SMILES string of the molecule is CC(C)(C)[Si](C)(C)O[C@@H]1C[C@H](CCN)N(C(=O)OCc2ccccc2)C1. The molecule has 1 aliphatic rings. The zero-order valence-electron chi connectivity index (χ0n) is 16.8. The summed E-state index contributed by atoms with van der Waals surface area (Å²) in [5.41, 5.74) is 6.76. The van der Waals surface area contributed by atoms with E-state index in [9.17, 15) is 4.79 Å². The molecule has 2 N–H and O–H groups in total. The molecular formula is C20H34N2O3Si. The molecule has 1 aromatic carbocycles. The number of benzene rings is 1. The van der Waals surface area contributed by atoms with Gasteiger partial charge in [0.2, 0.25) is 0 Å². The highest BCUT2D eigenvalue weighted by Gasteiger charge is 2.43. The van der Waals surface area contributed by atoms with Crippen LogP contribution in [-0.2, 0) is 15.8 Å². The quantitative estimate of drug-likeness (QED) is 0.756. The van der Waals surface area contributed by atoms with Gasteiger partial charge in [-0.3, -0.25) is 0 Å². The van der Waals surface area contributed by atoms with E-state index in [-0.39, 0.29) is 23.3 Å². The van der Waals surface area contributed by atoms with Gasteiger partial charge in [-0.2, -0.15) is 0 Å². The maximum absolute atomic E-state index is 12.6. The van der Waals surface area contributed by atoms with Crippen molar-refractivity contribution in [1.82, 2.24) is 4.90 Å². The van der Waals surface area contributed by atoms with Crippen LogP contribution < -0.4 is 5.73 Å². The second kappa shape index (κ2) is 8.54. The lowest BCUT2D eigenvalue weighted by Crippen LogP contribution is -2.44. The zero-order valence-corrected chi connectivity index (χ0v) is 17.8. The second-order valence-corrected chi connectivity index (χ2v) is 13.4. The first kappa shape index (κ1) is 20.9. The summed E-state index contributed by atoms with van der Waals surface area (Å²) in [4.78, 5) is 14.4. The van der Waals surface area contributed by atoms with Gasteiger partial charge >= 0.3 is 6.09 Å². The first-order valence-corrected chi connectivity index (χ1v) is 12.4. The van der Waals surface area contributed by atoms with Crippen LogP contribution in [0.3, 0.4) is 0 Å². The molecule has 0 spiro atoms. The molecule has 1 saturated heterocycles. The molecule has 26 heavy (non-hydrogen) atoms. The van der Waals surface area contributed by atoms with E-state index >= 15 is 0 Å². The first-order chi connectivity index (χ1) is 12.1. The maximum Gasteiger partial charge on any atom is 0.410 e. The van der Waals surface area contributed by atoms with Gasteiger partial charge in [-0.05, 0) is 43.1 Å². The fourth-order valence-corrected chi connectivity index (χ4v) is 4.40. The molecule has 0 aliphatic carbocycles. The van der Waals surface area contributed by atoms with Crippen molar-refractivity contribution in [2.45, 2.75) is 70.5 Å². The number of ether oxygens (including phenoxy) is 1. The molecule has 1 aromatic rings. The molecule has 0 aromatic heterocycles. The molecular weight excluding hydrogens is 344 g/mol. The number of hydrogen-bond donors (Lipinski definition) is 1. The zero-order chi connectivity index (χ0) is 19.4. The van der Waals surface area contributed by atoms with Crippen LogP contribution in [0.4, 0.5) is 4.79 Å². The summed E-state index contributed by atoms with van der Waals surface area (Å²) in [7, 11) is -1.87. The van der Waals surface area contributed by atoms with E-state index in [4.69, 9.17) is 14.9 Å². The summed E-state index contributed by atoms with van der Waals surface area (Å²) >= 11 is 0. The Labute approximate surface area is 159 Å². The normalized spacial score (nSPS) is 21.1. The Kier molecular flexibility index (Phi) is 6.88. The highest BCUT2D eigenvalue weighted by molar-refractivity contribution is 6.74. The van der Waals surface area contributed by atoms with Gasteiger partial charge in [-0.1, -0.05) is 51.1 Å². The molecule has 1 heterocycles. The van der Waals surface area contributed by atoms with Gasteiger partial charge in [-0.15, -0.1) is 0 Å².